The molecule has 3 N–H and O–H groups in total. The lowest BCUT2D eigenvalue weighted by atomic mass is 9.87. The number of anilines is 1. The SMILES string of the molecule is COc1cc(NC(=O)[C@H](N)C(C)(C)C)c(OC)cc1Cl. The van der Waals surface area contributed by atoms with Gasteiger partial charge in [-0.3, -0.25) is 4.79 Å². The zero-order valence-electron chi connectivity index (χ0n) is 12.4. The Hall–Kier alpha value is -1.46. The molecule has 112 valence electrons. The highest BCUT2D eigenvalue weighted by atomic mass is 35.5. The van der Waals surface area contributed by atoms with E-state index in [0.717, 1.165) is 0 Å². The smallest absolute Gasteiger partial charge is 0.241 e. The number of ether oxygens (including phenoxy) is 2. The van der Waals surface area contributed by atoms with Gasteiger partial charge in [0.05, 0.1) is 31.0 Å². The summed E-state index contributed by atoms with van der Waals surface area (Å²) in [5, 5.41) is 3.15. The lowest BCUT2D eigenvalue weighted by Gasteiger charge is -2.26. The zero-order valence-corrected chi connectivity index (χ0v) is 13.2. The third kappa shape index (κ3) is 3.77. The summed E-state index contributed by atoms with van der Waals surface area (Å²) in [4.78, 5) is 12.1. The van der Waals surface area contributed by atoms with E-state index in [4.69, 9.17) is 26.8 Å². The summed E-state index contributed by atoms with van der Waals surface area (Å²) in [6.07, 6.45) is 0. The maximum atomic E-state index is 12.1. The largest absolute Gasteiger partial charge is 0.495 e. The van der Waals surface area contributed by atoms with Gasteiger partial charge in [-0.25, -0.2) is 0 Å². The molecule has 0 aliphatic heterocycles. The van der Waals surface area contributed by atoms with Crippen LogP contribution in [-0.4, -0.2) is 26.2 Å². The van der Waals surface area contributed by atoms with Crippen LogP contribution in [0.2, 0.25) is 5.02 Å². The van der Waals surface area contributed by atoms with Crippen molar-refractivity contribution in [2.75, 3.05) is 19.5 Å². The van der Waals surface area contributed by atoms with Crippen LogP contribution in [0.5, 0.6) is 11.5 Å². The minimum absolute atomic E-state index is 0.292. The summed E-state index contributed by atoms with van der Waals surface area (Å²) < 4.78 is 10.3. The Bertz CT molecular complexity index is 498. The molecule has 0 aliphatic carbocycles. The van der Waals surface area contributed by atoms with E-state index in [1.54, 1.807) is 12.1 Å². The van der Waals surface area contributed by atoms with Gasteiger partial charge in [-0.05, 0) is 5.41 Å². The molecule has 0 saturated heterocycles. The fraction of sp³-hybridized carbons (Fsp3) is 0.500. The highest BCUT2D eigenvalue weighted by molar-refractivity contribution is 6.32. The van der Waals surface area contributed by atoms with Crippen molar-refractivity contribution >= 4 is 23.2 Å². The quantitative estimate of drug-likeness (QED) is 0.896. The number of nitrogens with one attached hydrogen (secondary N) is 1. The van der Waals surface area contributed by atoms with Crippen LogP contribution in [0.1, 0.15) is 20.8 Å². The van der Waals surface area contributed by atoms with Crippen LogP contribution >= 0.6 is 11.6 Å². The number of benzene rings is 1. The third-order valence-corrected chi connectivity index (χ3v) is 3.24. The first-order valence-electron chi connectivity index (χ1n) is 6.18. The lowest BCUT2D eigenvalue weighted by Crippen LogP contribution is -2.45. The molecule has 0 aromatic heterocycles. The summed E-state index contributed by atoms with van der Waals surface area (Å²) in [6.45, 7) is 5.70. The number of rotatable bonds is 4. The molecule has 1 aromatic carbocycles. The second-order valence-corrected chi connectivity index (χ2v) is 5.93. The predicted molar refractivity (Wildman–Crippen MR) is 80.6 cm³/mol. The van der Waals surface area contributed by atoms with Gasteiger partial charge in [0, 0.05) is 12.1 Å². The second-order valence-electron chi connectivity index (χ2n) is 5.52. The standard InChI is InChI=1S/C14H21ClN2O3/c1-14(2,3)12(16)13(18)17-9-7-10(19-4)8(15)6-11(9)20-5/h6-7,12H,16H2,1-5H3,(H,17,18)/t12-/m0/s1. The summed E-state index contributed by atoms with van der Waals surface area (Å²) in [7, 11) is 3.00. The first-order chi connectivity index (χ1) is 9.20. The van der Waals surface area contributed by atoms with Gasteiger partial charge < -0.3 is 20.5 Å². The van der Waals surface area contributed by atoms with Gasteiger partial charge in [0.1, 0.15) is 11.5 Å². The fourth-order valence-electron chi connectivity index (χ4n) is 1.56. The van der Waals surface area contributed by atoms with Gasteiger partial charge in [-0.2, -0.15) is 0 Å². The maximum Gasteiger partial charge on any atom is 0.241 e. The Morgan fingerprint density at radius 3 is 2.25 bits per heavy atom. The summed E-state index contributed by atoms with van der Waals surface area (Å²) >= 11 is 6.01. The number of nitrogens with two attached hydrogens (primary N) is 1. The van der Waals surface area contributed by atoms with E-state index in [2.05, 4.69) is 5.32 Å². The van der Waals surface area contributed by atoms with Crippen LogP contribution in [-0.2, 0) is 4.79 Å². The van der Waals surface area contributed by atoms with Crippen LogP contribution in [0.4, 0.5) is 5.69 Å². The molecule has 20 heavy (non-hydrogen) atoms. The van der Waals surface area contributed by atoms with E-state index in [-0.39, 0.29) is 11.3 Å². The molecule has 1 aromatic rings. The molecule has 0 unspecified atom stereocenters. The number of methoxy groups -OCH3 is 2. The van der Waals surface area contributed by atoms with Gasteiger partial charge in [0.2, 0.25) is 5.91 Å². The molecule has 5 nitrogen and oxygen atoms in total. The number of carbonyl (C=O) groups excluding carboxylic acids is 1. The minimum atomic E-state index is -0.645. The number of hydrogen-bond acceptors (Lipinski definition) is 4. The lowest BCUT2D eigenvalue weighted by molar-refractivity contribution is -0.119. The molecule has 0 bridgehead atoms. The van der Waals surface area contributed by atoms with Gasteiger partial charge in [0.25, 0.3) is 0 Å². The van der Waals surface area contributed by atoms with Crippen LogP contribution in [0.3, 0.4) is 0 Å². The van der Waals surface area contributed by atoms with E-state index in [9.17, 15) is 4.79 Å². The van der Waals surface area contributed by atoms with Gasteiger partial charge in [-0.15, -0.1) is 0 Å². The van der Waals surface area contributed by atoms with Crippen molar-refractivity contribution in [1.29, 1.82) is 0 Å². The monoisotopic (exact) mass is 300 g/mol. The molecule has 1 atom stereocenters. The van der Waals surface area contributed by atoms with E-state index in [1.165, 1.54) is 14.2 Å². The molecule has 1 rings (SSSR count). The zero-order chi connectivity index (χ0) is 15.5. The molecular formula is C14H21ClN2O3. The van der Waals surface area contributed by atoms with Gasteiger partial charge >= 0.3 is 0 Å². The van der Waals surface area contributed by atoms with Gasteiger partial charge in [0.15, 0.2) is 0 Å². The van der Waals surface area contributed by atoms with Crippen LogP contribution in [0, 0.1) is 5.41 Å². The first-order valence-corrected chi connectivity index (χ1v) is 6.56. The summed E-state index contributed by atoms with van der Waals surface area (Å²) in [5.74, 6) is 0.609. The Balaban J connectivity index is 3.05. The van der Waals surface area contributed by atoms with Crippen molar-refractivity contribution in [1.82, 2.24) is 0 Å². The van der Waals surface area contributed by atoms with Gasteiger partial charge in [-0.1, -0.05) is 32.4 Å². The molecular weight excluding hydrogens is 280 g/mol. The Labute approximate surface area is 124 Å². The van der Waals surface area contributed by atoms with E-state index >= 15 is 0 Å². The second kappa shape index (κ2) is 6.33. The third-order valence-electron chi connectivity index (χ3n) is 2.95. The average molecular weight is 301 g/mol. The van der Waals surface area contributed by atoms with Crippen LogP contribution in [0.25, 0.3) is 0 Å². The molecule has 0 heterocycles. The normalized spacial score (nSPS) is 12.8. The van der Waals surface area contributed by atoms with Crippen molar-refractivity contribution in [3.63, 3.8) is 0 Å². The van der Waals surface area contributed by atoms with Crippen molar-refractivity contribution in [2.45, 2.75) is 26.8 Å². The average Bonchev–Trinajstić information content (AvgIpc) is 2.38. The van der Waals surface area contributed by atoms with Crippen molar-refractivity contribution in [2.24, 2.45) is 11.1 Å². The molecule has 6 heteroatoms. The van der Waals surface area contributed by atoms with Crippen molar-refractivity contribution in [3.05, 3.63) is 17.2 Å². The molecule has 0 radical (unpaired) electrons. The van der Waals surface area contributed by atoms with Crippen LogP contribution < -0.4 is 20.5 Å². The number of amides is 1. The highest BCUT2D eigenvalue weighted by Gasteiger charge is 2.28. The Kier molecular flexibility index (Phi) is 5.25. The molecule has 0 aliphatic rings. The van der Waals surface area contributed by atoms with Crippen molar-refractivity contribution < 1.29 is 14.3 Å². The number of carbonyl (C=O) groups is 1. The topological polar surface area (TPSA) is 73.6 Å². The number of hydrogen-bond donors (Lipinski definition) is 2. The first kappa shape index (κ1) is 16.6. The molecule has 1 amide bonds. The maximum absolute atomic E-state index is 12.1. The molecule has 0 saturated carbocycles. The van der Waals surface area contributed by atoms with E-state index in [1.807, 2.05) is 20.8 Å². The highest BCUT2D eigenvalue weighted by Crippen LogP contribution is 2.36. The minimum Gasteiger partial charge on any atom is -0.495 e. The Morgan fingerprint density at radius 1 is 1.25 bits per heavy atom. The fourth-order valence-corrected chi connectivity index (χ4v) is 1.79. The summed E-state index contributed by atoms with van der Waals surface area (Å²) in [5.41, 5.74) is 6.06. The number of halogens is 1. The summed E-state index contributed by atoms with van der Waals surface area (Å²) in [6, 6.07) is 2.54. The van der Waals surface area contributed by atoms with Crippen molar-refractivity contribution in [3.8, 4) is 11.5 Å². The molecule has 0 spiro atoms. The van der Waals surface area contributed by atoms with E-state index in [0.29, 0.717) is 22.2 Å². The predicted octanol–water partition coefficient (Wildman–Crippen LogP) is 2.67. The molecule has 0 fully saturated rings. The van der Waals surface area contributed by atoms with E-state index < -0.39 is 6.04 Å². The Morgan fingerprint density at radius 2 is 1.80 bits per heavy atom. The van der Waals surface area contributed by atoms with Crippen LogP contribution in [0.15, 0.2) is 12.1 Å².